The topological polar surface area (TPSA) is 111 Å². The van der Waals surface area contributed by atoms with Crippen LogP contribution in [0.5, 0.6) is 0 Å². The van der Waals surface area contributed by atoms with E-state index in [0.29, 0.717) is 17.4 Å². The molecule has 0 bridgehead atoms. The SMILES string of the molecule is CC/C=C\C/C=C\C/C=C\C/C=C\C/C=C\C/C=C\C/C=C\CCCCCCCCCCCCCCCC(=O)OC(COC(=O)CCCCCCCCCCCCCCCCCCCCCC/C=C\C/C=C\C/C=C\C/C=C\C/C=C\C/C=C\CC)COP(=O)([O-])OCC[N+](C)(C)C. The summed E-state index contributed by atoms with van der Waals surface area (Å²) in [5, 5.41) is 0. The van der Waals surface area contributed by atoms with Crippen molar-refractivity contribution in [2.45, 2.75) is 341 Å². The zero-order valence-electron chi connectivity index (χ0n) is 63.9. The summed E-state index contributed by atoms with van der Waals surface area (Å²) < 4.78 is 34.4. The largest absolute Gasteiger partial charge is 0.756 e. The van der Waals surface area contributed by atoms with Crippen LogP contribution in [0.15, 0.2) is 158 Å². The fourth-order valence-corrected chi connectivity index (χ4v) is 11.7. The van der Waals surface area contributed by atoms with Crippen molar-refractivity contribution in [1.29, 1.82) is 0 Å². The molecule has 0 heterocycles. The highest BCUT2D eigenvalue weighted by Gasteiger charge is 2.22. The van der Waals surface area contributed by atoms with Gasteiger partial charge in [-0.3, -0.25) is 14.2 Å². The quantitative estimate of drug-likeness (QED) is 0.0195. The maximum atomic E-state index is 12.9. The average molecular weight is 1380 g/mol. The number of esters is 2. The van der Waals surface area contributed by atoms with E-state index in [2.05, 4.69) is 172 Å². The molecule has 2 unspecified atom stereocenters. The lowest BCUT2D eigenvalue weighted by Crippen LogP contribution is -2.37. The van der Waals surface area contributed by atoms with Gasteiger partial charge in [-0.1, -0.05) is 358 Å². The molecular weight excluding hydrogens is 1230 g/mol. The van der Waals surface area contributed by atoms with Crippen molar-refractivity contribution in [2.75, 3.05) is 47.5 Å². The van der Waals surface area contributed by atoms with Crippen LogP contribution in [0.1, 0.15) is 335 Å². The number of nitrogens with zero attached hydrogens (tertiary/aromatic N) is 1. The van der Waals surface area contributed by atoms with Crippen molar-refractivity contribution in [3.8, 4) is 0 Å². The van der Waals surface area contributed by atoms with Crippen molar-refractivity contribution >= 4 is 19.8 Å². The highest BCUT2D eigenvalue weighted by molar-refractivity contribution is 7.45. The van der Waals surface area contributed by atoms with Crippen LogP contribution in [0.2, 0.25) is 0 Å². The molecule has 10 heteroatoms. The predicted molar refractivity (Wildman–Crippen MR) is 424 cm³/mol. The molecule has 9 nitrogen and oxygen atoms in total. The van der Waals surface area contributed by atoms with E-state index in [1.165, 1.54) is 180 Å². The van der Waals surface area contributed by atoms with Gasteiger partial charge in [0.25, 0.3) is 7.82 Å². The molecule has 0 aliphatic heterocycles. The van der Waals surface area contributed by atoms with Gasteiger partial charge in [0.05, 0.1) is 27.7 Å². The molecule has 0 aromatic rings. The number of phosphoric ester groups is 1. The zero-order chi connectivity index (χ0) is 71.1. The molecule has 560 valence electrons. The van der Waals surface area contributed by atoms with E-state index >= 15 is 0 Å². The molecule has 0 saturated heterocycles. The fraction of sp³-hybridized carbons (Fsp3) is 0.682. The number of carbonyl (C=O) groups excluding carboxylic acids is 2. The third-order valence-corrected chi connectivity index (χ3v) is 18.0. The van der Waals surface area contributed by atoms with E-state index in [1.807, 2.05) is 21.1 Å². The Morgan fingerprint density at radius 1 is 0.316 bits per heavy atom. The van der Waals surface area contributed by atoms with Gasteiger partial charge < -0.3 is 27.9 Å². The summed E-state index contributed by atoms with van der Waals surface area (Å²) in [6.07, 6.45) is 115. The molecular formula is C88H150NO8P. The van der Waals surface area contributed by atoms with E-state index in [1.54, 1.807) is 0 Å². The van der Waals surface area contributed by atoms with Crippen LogP contribution in [0.25, 0.3) is 0 Å². The molecule has 0 saturated carbocycles. The molecule has 0 N–H and O–H groups in total. The Morgan fingerprint density at radius 3 is 0.816 bits per heavy atom. The lowest BCUT2D eigenvalue weighted by molar-refractivity contribution is -0.870. The normalized spacial score (nSPS) is 13.9. The smallest absolute Gasteiger partial charge is 0.306 e. The molecule has 0 aliphatic carbocycles. The Hall–Kier alpha value is -4.37. The lowest BCUT2D eigenvalue weighted by atomic mass is 10.0. The molecule has 2 atom stereocenters. The Labute approximate surface area is 605 Å². The van der Waals surface area contributed by atoms with Crippen molar-refractivity contribution < 1.29 is 42.1 Å². The van der Waals surface area contributed by atoms with Gasteiger partial charge in [0, 0.05) is 12.8 Å². The predicted octanol–water partition coefficient (Wildman–Crippen LogP) is 26.4. The number of likely N-dealkylation sites (N-methyl/N-ethyl adjacent to an activating group) is 1. The molecule has 0 aromatic carbocycles. The first-order chi connectivity index (χ1) is 48.0. The standard InChI is InChI=1S/C88H150NO8P/c1-6-8-10-12-14-16-18-20-22-24-26-28-30-32-34-36-38-40-42-43-44-45-47-48-50-52-54-56-58-60-62-64-66-68-70-72-74-76-78-80-87(90)94-84-86(85-96-98(92,93)95-83-82-89(3,4)5)97-88(91)81-79-77-75-73-71-69-67-65-63-61-59-57-55-53-51-49-46-41-39-37-35-33-31-29-27-25-23-21-19-17-15-13-11-9-7-2/h8-11,14-17,20-23,26-29,32-35,38-41,49,51,86H,6-7,12-13,18-19,24-25,30-31,36-37,42-48,50,52-85H2,1-5H3/b10-8-,11-9-,16-14-,17-15-,22-20-,23-21-,28-26-,29-27-,34-32-,35-33-,40-38-,41-39-,51-49-. The van der Waals surface area contributed by atoms with Crippen LogP contribution in [0.3, 0.4) is 0 Å². The van der Waals surface area contributed by atoms with Gasteiger partial charge in [-0.25, -0.2) is 0 Å². The number of allylic oxidation sites excluding steroid dienone is 26. The lowest BCUT2D eigenvalue weighted by Gasteiger charge is -2.28. The molecule has 98 heavy (non-hydrogen) atoms. The van der Waals surface area contributed by atoms with Gasteiger partial charge >= 0.3 is 11.9 Å². The van der Waals surface area contributed by atoms with Crippen LogP contribution in [-0.2, 0) is 32.7 Å². The van der Waals surface area contributed by atoms with Crippen molar-refractivity contribution in [1.82, 2.24) is 0 Å². The second kappa shape index (κ2) is 76.8. The van der Waals surface area contributed by atoms with E-state index in [4.69, 9.17) is 18.5 Å². The summed E-state index contributed by atoms with van der Waals surface area (Å²) in [6.45, 7) is 4.03. The summed E-state index contributed by atoms with van der Waals surface area (Å²) in [5.41, 5.74) is 0. The molecule has 0 aromatic heterocycles. The molecule has 0 spiro atoms. The second-order valence-corrected chi connectivity index (χ2v) is 29.1. The summed E-state index contributed by atoms with van der Waals surface area (Å²) >= 11 is 0. The van der Waals surface area contributed by atoms with Crippen LogP contribution in [0, 0.1) is 0 Å². The third-order valence-electron chi connectivity index (χ3n) is 17.0. The Morgan fingerprint density at radius 2 is 0.551 bits per heavy atom. The maximum Gasteiger partial charge on any atom is 0.306 e. The van der Waals surface area contributed by atoms with E-state index in [-0.39, 0.29) is 32.0 Å². The average Bonchev–Trinajstić information content (AvgIpc) is 1.08. The van der Waals surface area contributed by atoms with Gasteiger partial charge in [-0.05, 0) is 122 Å². The van der Waals surface area contributed by atoms with Crippen LogP contribution < -0.4 is 4.89 Å². The molecule has 0 radical (unpaired) electrons. The Kier molecular flexibility index (Phi) is 73.4. The first-order valence-electron chi connectivity index (χ1n) is 40.2. The number of quaternary nitrogens is 1. The number of carbonyl (C=O) groups is 2. The minimum atomic E-state index is -4.65. The number of rotatable bonds is 73. The molecule has 0 amide bonds. The fourth-order valence-electron chi connectivity index (χ4n) is 11.0. The van der Waals surface area contributed by atoms with Crippen LogP contribution in [0.4, 0.5) is 0 Å². The van der Waals surface area contributed by atoms with Gasteiger partial charge in [0.15, 0.2) is 6.10 Å². The molecule has 0 aliphatic rings. The van der Waals surface area contributed by atoms with Crippen molar-refractivity contribution in [3.05, 3.63) is 158 Å². The highest BCUT2D eigenvalue weighted by atomic mass is 31.2. The minimum Gasteiger partial charge on any atom is -0.756 e. The maximum absolute atomic E-state index is 12.9. The Balaban J connectivity index is 3.98. The number of ether oxygens (including phenoxy) is 2. The molecule has 0 rings (SSSR count). The summed E-state index contributed by atoms with van der Waals surface area (Å²) in [4.78, 5) is 38.2. The number of phosphoric acid groups is 1. The first-order valence-corrected chi connectivity index (χ1v) is 41.7. The summed E-state index contributed by atoms with van der Waals surface area (Å²) in [5.74, 6) is -0.829. The van der Waals surface area contributed by atoms with E-state index in [0.717, 1.165) is 122 Å². The number of hydrogen-bond donors (Lipinski definition) is 0. The van der Waals surface area contributed by atoms with Crippen molar-refractivity contribution in [2.24, 2.45) is 0 Å². The van der Waals surface area contributed by atoms with Crippen LogP contribution >= 0.6 is 7.82 Å². The number of hydrogen-bond acceptors (Lipinski definition) is 8. The van der Waals surface area contributed by atoms with E-state index < -0.39 is 26.5 Å². The van der Waals surface area contributed by atoms with Gasteiger partial charge in [0.1, 0.15) is 19.8 Å². The van der Waals surface area contributed by atoms with Gasteiger partial charge in [-0.2, -0.15) is 0 Å². The number of unbranched alkanes of at least 4 members (excludes halogenated alkanes) is 33. The van der Waals surface area contributed by atoms with Gasteiger partial charge in [0.2, 0.25) is 0 Å². The van der Waals surface area contributed by atoms with E-state index in [9.17, 15) is 19.0 Å². The Bertz CT molecular complexity index is 2220. The zero-order valence-corrected chi connectivity index (χ0v) is 64.8. The first kappa shape index (κ1) is 93.6. The summed E-state index contributed by atoms with van der Waals surface area (Å²) in [6, 6.07) is 0. The minimum absolute atomic E-state index is 0.0354. The van der Waals surface area contributed by atoms with Crippen molar-refractivity contribution in [3.63, 3.8) is 0 Å². The highest BCUT2D eigenvalue weighted by Crippen LogP contribution is 2.38. The third kappa shape index (κ3) is 80.6. The summed E-state index contributed by atoms with van der Waals surface area (Å²) in [7, 11) is 1.16. The second-order valence-electron chi connectivity index (χ2n) is 27.7. The van der Waals surface area contributed by atoms with Crippen LogP contribution in [-0.4, -0.2) is 70.0 Å². The molecule has 0 fully saturated rings. The monoisotopic (exact) mass is 1380 g/mol. The van der Waals surface area contributed by atoms with Gasteiger partial charge in [-0.15, -0.1) is 0 Å².